The second-order valence-electron chi connectivity index (χ2n) is 8.82. The zero-order chi connectivity index (χ0) is 24.0. The van der Waals surface area contributed by atoms with Gasteiger partial charge in [-0.15, -0.1) is 0 Å². The Bertz CT molecular complexity index is 1130. The molecule has 0 atom stereocenters. The highest BCUT2D eigenvalue weighted by Crippen LogP contribution is 2.22. The minimum atomic E-state index is -3.46. The van der Waals surface area contributed by atoms with Crippen molar-refractivity contribution in [2.45, 2.75) is 43.4 Å². The second kappa shape index (κ2) is 11.0. The zero-order valence-electron chi connectivity index (χ0n) is 19.4. The first kappa shape index (κ1) is 24.2. The van der Waals surface area contributed by atoms with Crippen molar-refractivity contribution in [1.29, 1.82) is 5.26 Å². The van der Waals surface area contributed by atoms with Crippen LogP contribution in [0.25, 0.3) is 0 Å². The average molecular weight is 482 g/mol. The molecule has 34 heavy (non-hydrogen) atoms. The predicted octanol–water partition coefficient (Wildman–Crippen LogP) is 2.80. The molecule has 0 N–H and O–H groups in total. The van der Waals surface area contributed by atoms with Crippen LogP contribution in [0.4, 0.5) is 5.82 Å². The molecule has 8 nitrogen and oxygen atoms in total. The summed E-state index contributed by atoms with van der Waals surface area (Å²) in [5.41, 5.74) is 1.50. The molecule has 2 saturated heterocycles. The van der Waals surface area contributed by atoms with E-state index < -0.39 is 10.0 Å². The van der Waals surface area contributed by atoms with Crippen LogP contribution in [0, 0.1) is 11.3 Å². The largest absolute Gasteiger partial charge is 0.352 e. The third kappa shape index (κ3) is 5.57. The molecule has 3 heterocycles. The molecule has 0 bridgehead atoms. The normalized spacial score (nSPS) is 17.7. The standard InChI is InChI=1S/C25H31N5O3S/c26-20-22-6-5-13-27-25(22)29-18-16-28(17-19-29)24(31)12-9-21-7-10-23(11-8-21)34(32,33)30-14-3-1-2-4-15-30/h5-8,10-11,13H,1-4,9,12,14-19H2. The lowest BCUT2D eigenvalue weighted by atomic mass is 10.1. The molecule has 1 aromatic carbocycles. The highest BCUT2D eigenvalue weighted by molar-refractivity contribution is 7.89. The molecule has 2 aromatic rings. The zero-order valence-corrected chi connectivity index (χ0v) is 20.2. The van der Waals surface area contributed by atoms with Crippen LogP contribution >= 0.6 is 0 Å². The number of hydrogen-bond acceptors (Lipinski definition) is 6. The van der Waals surface area contributed by atoms with Gasteiger partial charge in [0.15, 0.2) is 0 Å². The fourth-order valence-corrected chi connectivity index (χ4v) is 6.09. The van der Waals surface area contributed by atoms with Gasteiger partial charge in [-0.05, 0) is 49.1 Å². The summed E-state index contributed by atoms with van der Waals surface area (Å²) in [7, 11) is -3.46. The number of pyridine rings is 1. The van der Waals surface area contributed by atoms with Gasteiger partial charge >= 0.3 is 0 Å². The van der Waals surface area contributed by atoms with E-state index in [2.05, 4.69) is 11.1 Å². The smallest absolute Gasteiger partial charge is 0.243 e. The summed E-state index contributed by atoms with van der Waals surface area (Å²) in [6.07, 6.45) is 6.62. The molecule has 4 rings (SSSR count). The number of nitrogens with zero attached hydrogens (tertiary/aromatic N) is 5. The van der Waals surface area contributed by atoms with E-state index in [-0.39, 0.29) is 5.91 Å². The molecule has 2 fully saturated rings. The molecule has 0 aliphatic carbocycles. The summed E-state index contributed by atoms with van der Waals surface area (Å²) >= 11 is 0. The van der Waals surface area contributed by atoms with Crippen LogP contribution in [-0.4, -0.2) is 67.8 Å². The van der Waals surface area contributed by atoms with Gasteiger partial charge in [-0.25, -0.2) is 13.4 Å². The van der Waals surface area contributed by atoms with Gasteiger partial charge in [0, 0.05) is 51.9 Å². The Hall–Kier alpha value is -2.96. The van der Waals surface area contributed by atoms with Crippen LogP contribution in [0.15, 0.2) is 47.5 Å². The van der Waals surface area contributed by atoms with Crippen LogP contribution in [0.1, 0.15) is 43.2 Å². The number of amides is 1. The van der Waals surface area contributed by atoms with E-state index in [1.807, 2.05) is 21.9 Å². The number of benzene rings is 1. The number of aryl methyl sites for hydroxylation is 1. The summed E-state index contributed by atoms with van der Waals surface area (Å²) in [4.78, 5) is 21.3. The van der Waals surface area contributed by atoms with Crippen molar-refractivity contribution in [3.8, 4) is 6.07 Å². The van der Waals surface area contributed by atoms with E-state index in [0.29, 0.717) is 68.4 Å². The molecule has 0 saturated carbocycles. The highest BCUT2D eigenvalue weighted by atomic mass is 32.2. The van der Waals surface area contributed by atoms with Crippen molar-refractivity contribution in [3.05, 3.63) is 53.7 Å². The fraction of sp³-hybridized carbons (Fsp3) is 0.480. The highest BCUT2D eigenvalue weighted by Gasteiger charge is 2.25. The van der Waals surface area contributed by atoms with Gasteiger partial charge in [0.1, 0.15) is 11.9 Å². The number of carbonyl (C=O) groups excluding carboxylic acids is 1. The molecule has 0 spiro atoms. The summed E-state index contributed by atoms with van der Waals surface area (Å²) in [6, 6.07) is 12.6. The van der Waals surface area contributed by atoms with E-state index in [0.717, 1.165) is 31.2 Å². The Morgan fingerprint density at radius 3 is 2.26 bits per heavy atom. The molecule has 0 radical (unpaired) electrons. The van der Waals surface area contributed by atoms with Gasteiger partial charge < -0.3 is 9.80 Å². The monoisotopic (exact) mass is 481 g/mol. The summed E-state index contributed by atoms with van der Waals surface area (Å²) in [5, 5.41) is 9.29. The number of piperazine rings is 1. The first-order valence-corrected chi connectivity index (χ1v) is 13.4. The van der Waals surface area contributed by atoms with E-state index in [4.69, 9.17) is 0 Å². The topological polar surface area (TPSA) is 97.6 Å². The average Bonchev–Trinajstić information content (AvgIpc) is 3.18. The number of aromatic nitrogens is 1. The number of sulfonamides is 1. The second-order valence-corrected chi connectivity index (χ2v) is 10.8. The van der Waals surface area contributed by atoms with Gasteiger partial charge in [0.05, 0.1) is 10.5 Å². The van der Waals surface area contributed by atoms with E-state index in [1.165, 1.54) is 0 Å². The van der Waals surface area contributed by atoms with Crippen molar-refractivity contribution < 1.29 is 13.2 Å². The molecule has 180 valence electrons. The molecular formula is C25H31N5O3S. The van der Waals surface area contributed by atoms with E-state index >= 15 is 0 Å². The van der Waals surface area contributed by atoms with Crippen LogP contribution in [0.3, 0.4) is 0 Å². The summed E-state index contributed by atoms with van der Waals surface area (Å²) in [5.74, 6) is 0.759. The lowest BCUT2D eigenvalue weighted by Crippen LogP contribution is -2.49. The van der Waals surface area contributed by atoms with Crippen LogP contribution in [-0.2, 0) is 21.2 Å². The van der Waals surface area contributed by atoms with Gasteiger partial charge in [0.2, 0.25) is 15.9 Å². The Balaban J connectivity index is 1.28. The Morgan fingerprint density at radius 1 is 0.941 bits per heavy atom. The fourth-order valence-electron chi connectivity index (χ4n) is 4.57. The Morgan fingerprint density at radius 2 is 1.62 bits per heavy atom. The maximum absolute atomic E-state index is 12.9. The van der Waals surface area contributed by atoms with Gasteiger partial charge in [0.25, 0.3) is 0 Å². The number of nitriles is 1. The molecule has 1 aromatic heterocycles. The van der Waals surface area contributed by atoms with Crippen molar-refractivity contribution in [3.63, 3.8) is 0 Å². The van der Waals surface area contributed by atoms with Crippen molar-refractivity contribution in [2.75, 3.05) is 44.2 Å². The van der Waals surface area contributed by atoms with Crippen LogP contribution in [0.2, 0.25) is 0 Å². The van der Waals surface area contributed by atoms with Crippen molar-refractivity contribution in [1.82, 2.24) is 14.2 Å². The molecule has 1 amide bonds. The molecule has 2 aliphatic heterocycles. The summed E-state index contributed by atoms with van der Waals surface area (Å²) in [6.45, 7) is 3.63. The number of rotatable bonds is 6. The molecule has 2 aliphatic rings. The molecule has 9 heteroatoms. The molecule has 0 unspecified atom stereocenters. The summed E-state index contributed by atoms with van der Waals surface area (Å²) < 4.78 is 27.5. The third-order valence-corrected chi connectivity index (χ3v) is 8.51. The first-order valence-electron chi connectivity index (χ1n) is 12.0. The Labute approximate surface area is 201 Å². The van der Waals surface area contributed by atoms with E-state index in [1.54, 1.807) is 34.8 Å². The van der Waals surface area contributed by atoms with Crippen molar-refractivity contribution in [2.24, 2.45) is 0 Å². The van der Waals surface area contributed by atoms with Gasteiger partial charge in [-0.1, -0.05) is 25.0 Å². The number of hydrogen-bond donors (Lipinski definition) is 0. The lowest BCUT2D eigenvalue weighted by Gasteiger charge is -2.35. The minimum Gasteiger partial charge on any atom is -0.352 e. The third-order valence-electron chi connectivity index (χ3n) is 6.59. The SMILES string of the molecule is N#Cc1cccnc1N1CCN(C(=O)CCc2ccc(S(=O)(=O)N3CCCCCC3)cc2)CC1. The quantitative estimate of drug-likeness (QED) is 0.629. The van der Waals surface area contributed by atoms with E-state index in [9.17, 15) is 18.5 Å². The number of carbonyl (C=O) groups is 1. The van der Waals surface area contributed by atoms with Crippen LogP contribution in [0.5, 0.6) is 0 Å². The number of anilines is 1. The maximum atomic E-state index is 12.9. The van der Waals surface area contributed by atoms with Crippen molar-refractivity contribution >= 4 is 21.7 Å². The van der Waals surface area contributed by atoms with Gasteiger partial charge in [-0.2, -0.15) is 9.57 Å². The lowest BCUT2D eigenvalue weighted by molar-refractivity contribution is -0.131. The van der Waals surface area contributed by atoms with Gasteiger partial charge in [-0.3, -0.25) is 4.79 Å². The minimum absolute atomic E-state index is 0.0856. The van der Waals surface area contributed by atoms with Crippen LogP contribution < -0.4 is 4.90 Å². The molecular weight excluding hydrogens is 450 g/mol. The predicted molar refractivity (Wildman–Crippen MR) is 130 cm³/mol. The first-order chi connectivity index (χ1) is 16.5. The maximum Gasteiger partial charge on any atom is 0.243 e. The Kier molecular flexibility index (Phi) is 7.80.